The molecule has 1 aromatic rings. The van der Waals surface area contributed by atoms with E-state index in [1.54, 1.807) is 12.1 Å². The zero-order chi connectivity index (χ0) is 11.4. The summed E-state index contributed by atoms with van der Waals surface area (Å²) in [6.45, 7) is 1.46. The van der Waals surface area contributed by atoms with Gasteiger partial charge in [0, 0.05) is 25.0 Å². The van der Waals surface area contributed by atoms with Gasteiger partial charge in [0.1, 0.15) is 6.04 Å². The van der Waals surface area contributed by atoms with E-state index in [4.69, 9.17) is 5.11 Å². The van der Waals surface area contributed by atoms with Gasteiger partial charge < -0.3 is 10.0 Å². The molecule has 1 amide bonds. The number of aromatic nitrogens is 1. The molecule has 0 fully saturated rings. The van der Waals surface area contributed by atoms with Gasteiger partial charge >= 0.3 is 5.97 Å². The van der Waals surface area contributed by atoms with Crippen LogP contribution in [0.2, 0.25) is 0 Å². The van der Waals surface area contributed by atoms with E-state index in [1.807, 2.05) is 0 Å². The molecule has 0 aliphatic heterocycles. The van der Waals surface area contributed by atoms with Crippen LogP contribution in [0.4, 0.5) is 0 Å². The largest absolute Gasteiger partial charge is 0.480 e. The molecule has 1 rings (SSSR count). The van der Waals surface area contributed by atoms with Crippen LogP contribution < -0.4 is 0 Å². The molecule has 0 aromatic carbocycles. The van der Waals surface area contributed by atoms with Gasteiger partial charge in [0.2, 0.25) is 0 Å². The Morgan fingerprint density at radius 2 is 1.93 bits per heavy atom. The maximum Gasteiger partial charge on any atom is 0.326 e. The molecule has 0 aliphatic carbocycles. The van der Waals surface area contributed by atoms with Crippen molar-refractivity contribution in [1.82, 2.24) is 9.88 Å². The van der Waals surface area contributed by atoms with Gasteiger partial charge in [0.25, 0.3) is 5.91 Å². The summed E-state index contributed by atoms with van der Waals surface area (Å²) >= 11 is 0. The molecular weight excluding hydrogens is 196 g/mol. The highest BCUT2D eigenvalue weighted by Gasteiger charge is 2.22. The molecule has 0 saturated heterocycles. The first-order valence-corrected chi connectivity index (χ1v) is 4.44. The van der Waals surface area contributed by atoms with E-state index in [-0.39, 0.29) is 5.91 Å². The van der Waals surface area contributed by atoms with Crippen LogP contribution >= 0.6 is 0 Å². The minimum absolute atomic E-state index is 0.327. The fraction of sp³-hybridized carbons (Fsp3) is 0.300. The number of pyridine rings is 1. The zero-order valence-corrected chi connectivity index (χ0v) is 8.54. The predicted octanol–water partition coefficient (Wildman–Crippen LogP) is 0.627. The molecule has 0 bridgehead atoms. The maximum absolute atomic E-state index is 11.7. The first-order chi connectivity index (χ1) is 7.04. The number of hydrogen-bond donors (Lipinski definition) is 1. The lowest BCUT2D eigenvalue weighted by Crippen LogP contribution is -2.40. The molecule has 0 unspecified atom stereocenters. The summed E-state index contributed by atoms with van der Waals surface area (Å²) in [6.07, 6.45) is 2.99. The number of nitrogens with zero attached hydrogens (tertiary/aromatic N) is 2. The Morgan fingerprint density at radius 3 is 2.40 bits per heavy atom. The topological polar surface area (TPSA) is 70.5 Å². The molecule has 1 heterocycles. The first kappa shape index (κ1) is 11.2. The van der Waals surface area contributed by atoms with Gasteiger partial charge in [-0.05, 0) is 19.1 Å². The molecule has 0 aliphatic rings. The fourth-order valence-corrected chi connectivity index (χ4v) is 1.04. The van der Waals surface area contributed by atoms with Gasteiger partial charge in [-0.2, -0.15) is 0 Å². The van der Waals surface area contributed by atoms with Gasteiger partial charge in [-0.3, -0.25) is 9.78 Å². The standard InChI is InChI=1S/C10H12N2O3/c1-7(10(14)15)12(2)9(13)8-3-5-11-6-4-8/h3-7H,1-2H3,(H,14,15)/t7-/m0/s1. The van der Waals surface area contributed by atoms with Crippen LogP contribution in [0.5, 0.6) is 0 Å². The predicted molar refractivity (Wildman–Crippen MR) is 53.4 cm³/mol. The lowest BCUT2D eigenvalue weighted by molar-refractivity contribution is -0.141. The van der Waals surface area contributed by atoms with Crippen LogP contribution in [-0.4, -0.2) is 40.0 Å². The molecule has 1 aromatic heterocycles. The van der Waals surface area contributed by atoms with Gasteiger partial charge in [0.05, 0.1) is 0 Å². The third-order valence-electron chi connectivity index (χ3n) is 2.19. The third-order valence-corrected chi connectivity index (χ3v) is 2.19. The number of rotatable bonds is 3. The number of likely N-dealkylation sites (N-methyl/N-ethyl adjacent to an activating group) is 1. The van der Waals surface area contributed by atoms with Crippen molar-refractivity contribution in [3.05, 3.63) is 30.1 Å². The Kier molecular flexibility index (Phi) is 3.38. The minimum atomic E-state index is -1.03. The van der Waals surface area contributed by atoms with Crippen molar-refractivity contribution in [3.63, 3.8) is 0 Å². The highest BCUT2D eigenvalue weighted by molar-refractivity contribution is 5.96. The van der Waals surface area contributed by atoms with E-state index in [9.17, 15) is 9.59 Å². The van der Waals surface area contributed by atoms with E-state index in [0.717, 1.165) is 0 Å². The average Bonchev–Trinajstić information content (AvgIpc) is 2.27. The second-order valence-corrected chi connectivity index (χ2v) is 3.17. The fourth-order valence-electron chi connectivity index (χ4n) is 1.04. The molecule has 80 valence electrons. The number of aliphatic carboxylic acids is 1. The molecule has 15 heavy (non-hydrogen) atoms. The van der Waals surface area contributed by atoms with Crippen molar-refractivity contribution >= 4 is 11.9 Å². The molecule has 0 spiro atoms. The Labute approximate surface area is 87.4 Å². The van der Waals surface area contributed by atoms with E-state index in [0.29, 0.717) is 5.56 Å². The number of amides is 1. The van der Waals surface area contributed by atoms with Gasteiger partial charge in [-0.15, -0.1) is 0 Å². The van der Waals surface area contributed by atoms with Gasteiger partial charge in [0.15, 0.2) is 0 Å². The van der Waals surface area contributed by atoms with Crippen molar-refractivity contribution in [2.24, 2.45) is 0 Å². The van der Waals surface area contributed by atoms with E-state index in [2.05, 4.69) is 4.98 Å². The van der Waals surface area contributed by atoms with Crippen LogP contribution in [0.3, 0.4) is 0 Å². The molecular formula is C10H12N2O3. The second-order valence-electron chi connectivity index (χ2n) is 3.17. The number of carbonyl (C=O) groups excluding carboxylic acids is 1. The van der Waals surface area contributed by atoms with Gasteiger partial charge in [-0.25, -0.2) is 4.79 Å². The maximum atomic E-state index is 11.7. The Hall–Kier alpha value is -1.91. The number of carbonyl (C=O) groups is 2. The van der Waals surface area contributed by atoms with Crippen LogP contribution in [0.15, 0.2) is 24.5 Å². The van der Waals surface area contributed by atoms with Crippen molar-refractivity contribution in [3.8, 4) is 0 Å². The first-order valence-electron chi connectivity index (χ1n) is 4.44. The van der Waals surface area contributed by atoms with Crippen LogP contribution in [0.1, 0.15) is 17.3 Å². The van der Waals surface area contributed by atoms with Crippen molar-refractivity contribution < 1.29 is 14.7 Å². The average molecular weight is 208 g/mol. The summed E-state index contributed by atoms with van der Waals surface area (Å²) in [4.78, 5) is 27.4. The van der Waals surface area contributed by atoms with E-state index < -0.39 is 12.0 Å². The van der Waals surface area contributed by atoms with Crippen LogP contribution in [0, 0.1) is 0 Å². The SMILES string of the molecule is C[C@@H](C(=O)O)N(C)C(=O)c1ccncc1. The van der Waals surface area contributed by atoms with E-state index in [1.165, 1.54) is 31.3 Å². The van der Waals surface area contributed by atoms with Crippen molar-refractivity contribution in [2.75, 3.05) is 7.05 Å². The number of hydrogen-bond acceptors (Lipinski definition) is 3. The molecule has 0 saturated carbocycles. The summed E-state index contributed by atoms with van der Waals surface area (Å²) in [5.74, 6) is -1.35. The molecule has 5 nitrogen and oxygen atoms in total. The second kappa shape index (κ2) is 4.54. The molecule has 0 radical (unpaired) electrons. The normalized spacial score (nSPS) is 11.9. The summed E-state index contributed by atoms with van der Waals surface area (Å²) in [5, 5.41) is 8.74. The molecule has 1 atom stereocenters. The summed E-state index contributed by atoms with van der Waals surface area (Å²) in [6, 6.07) is 2.26. The van der Waals surface area contributed by atoms with Crippen molar-refractivity contribution in [2.45, 2.75) is 13.0 Å². The monoisotopic (exact) mass is 208 g/mol. The molecule has 5 heteroatoms. The smallest absolute Gasteiger partial charge is 0.326 e. The quantitative estimate of drug-likeness (QED) is 0.790. The Bertz CT molecular complexity index is 364. The summed E-state index contributed by atoms with van der Waals surface area (Å²) in [5.41, 5.74) is 0.431. The van der Waals surface area contributed by atoms with Crippen molar-refractivity contribution in [1.29, 1.82) is 0 Å². The number of carboxylic acid groups (broad SMARTS) is 1. The van der Waals surface area contributed by atoms with E-state index >= 15 is 0 Å². The molecule has 1 N–H and O–H groups in total. The highest BCUT2D eigenvalue weighted by atomic mass is 16.4. The highest BCUT2D eigenvalue weighted by Crippen LogP contribution is 2.05. The van der Waals surface area contributed by atoms with Gasteiger partial charge in [-0.1, -0.05) is 0 Å². The lowest BCUT2D eigenvalue weighted by atomic mass is 10.2. The Balaban J connectivity index is 2.82. The summed E-state index contributed by atoms with van der Waals surface area (Å²) in [7, 11) is 1.46. The summed E-state index contributed by atoms with van der Waals surface area (Å²) < 4.78 is 0. The minimum Gasteiger partial charge on any atom is -0.480 e. The lowest BCUT2D eigenvalue weighted by Gasteiger charge is -2.21. The van der Waals surface area contributed by atoms with Crippen LogP contribution in [0.25, 0.3) is 0 Å². The van der Waals surface area contributed by atoms with Crippen LogP contribution in [-0.2, 0) is 4.79 Å². The number of carboxylic acids is 1. The Morgan fingerprint density at radius 1 is 1.40 bits per heavy atom. The third kappa shape index (κ3) is 2.52. The zero-order valence-electron chi connectivity index (χ0n) is 8.54.